The summed E-state index contributed by atoms with van der Waals surface area (Å²) in [7, 11) is 0. The highest BCUT2D eigenvalue weighted by molar-refractivity contribution is 5.92. The van der Waals surface area contributed by atoms with Crippen LogP contribution >= 0.6 is 0 Å². The van der Waals surface area contributed by atoms with E-state index in [1.807, 2.05) is 25.1 Å². The largest absolute Gasteiger partial charge is 0.493 e. The molecule has 0 saturated carbocycles. The van der Waals surface area contributed by atoms with Crippen molar-refractivity contribution in [3.63, 3.8) is 0 Å². The highest BCUT2D eigenvalue weighted by Gasteiger charge is 2.72. The van der Waals surface area contributed by atoms with Crippen LogP contribution in [-0.2, 0) is 9.59 Å². The van der Waals surface area contributed by atoms with Crippen molar-refractivity contribution in [2.24, 2.45) is 5.41 Å². The van der Waals surface area contributed by atoms with Crippen molar-refractivity contribution in [2.75, 3.05) is 32.8 Å². The van der Waals surface area contributed by atoms with Gasteiger partial charge in [-0.1, -0.05) is 18.2 Å². The normalized spacial score (nSPS) is 18.6. The van der Waals surface area contributed by atoms with Crippen LogP contribution in [0.2, 0.25) is 0 Å². The molecule has 206 valence electrons. The van der Waals surface area contributed by atoms with Crippen LogP contribution in [0, 0.1) is 5.41 Å². The first-order chi connectivity index (χ1) is 17.2. The van der Waals surface area contributed by atoms with Crippen molar-refractivity contribution in [3.05, 3.63) is 35.9 Å². The van der Waals surface area contributed by atoms with E-state index in [0.29, 0.717) is 44.7 Å². The zero-order valence-corrected chi connectivity index (χ0v) is 20.3. The number of hydrogen-bond donors (Lipinski definition) is 0. The van der Waals surface area contributed by atoms with Gasteiger partial charge in [-0.15, -0.1) is 0 Å². The van der Waals surface area contributed by atoms with E-state index in [0.717, 1.165) is 5.56 Å². The highest BCUT2D eigenvalue weighted by Crippen LogP contribution is 2.49. The average molecular weight is 539 g/mol. The number of alkyl halides is 7. The lowest BCUT2D eigenvalue weighted by Gasteiger charge is -2.39. The van der Waals surface area contributed by atoms with Crippen molar-refractivity contribution in [2.45, 2.75) is 57.0 Å². The minimum Gasteiger partial charge on any atom is -0.493 e. The fraction of sp³-hybridized carbons (Fsp3) is 0.600. The number of para-hydroxylation sites is 1. The summed E-state index contributed by atoms with van der Waals surface area (Å²) in [5.41, 5.74) is -5.06. The SMILES string of the molecule is CCOc1ccccc1C=CC(=O)N1CCC2(CC1)CCN(C(=O)CCC(F)(C(F)(F)F)C(F)(F)F)C2. The summed E-state index contributed by atoms with van der Waals surface area (Å²) < 4.78 is 96.0. The van der Waals surface area contributed by atoms with Crippen LogP contribution < -0.4 is 4.74 Å². The van der Waals surface area contributed by atoms with Crippen LogP contribution in [0.5, 0.6) is 5.75 Å². The van der Waals surface area contributed by atoms with Gasteiger partial charge in [-0.05, 0) is 43.7 Å². The maximum Gasteiger partial charge on any atom is 0.431 e. The number of likely N-dealkylation sites (tertiary alicyclic amines) is 2. The summed E-state index contributed by atoms with van der Waals surface area (Å²) in [5.74, 6) is -0.495. The molecule has 0 radical (unpaired) electrons. The van der Waals surface area contributed by atoms with E-state index in [1.165, 1.54) is 11.0 Å². The van der Waals surface area contributed by atoms with Gasteiger partial charge in [-0.25, -0.2) is 4.39 Å². The summed E-state index contributed by atoms with van der Waals surface area (Å²) >= 11 is 0. The molecule has 5 nitrogen and oxygen atoms in total. The summed E-state index contributed by atoms with van der Waals surface area (Å²) in [5, 5.41) is 0. The van der Waals surface area contributed by atoms with Crippen molar-refractivity contribution in [1.29, 1.82) is 0 Å². The number of halogens is 7. The van der Waals surface area contributed by atoms with Gasteiger partial charge in [-0.3, -0.25) is 9.59 Å². The molecule has 2 amide bonds. The van der Waals surface area contributed by atoms with Gasteiger partial charge in [-0.2, -0.15) is 26.3 Å². The number of amides is 2. The fourth-order valence-electron chi connectivity index (χ4n) is 4.81. The number of carbonyl (C=O) groups is 2. The molecule has 37 heavy (non-hydrogen) atoms. The van der Waals surface area contributed by atoms with Gasteiger partial charge in [0.2, 0.25) is 11.8 Å². The second-order valence-corrected chi connectivity index (χ2v) is 9.49. The lowest BCUT2D eigenvalue weighted by Crippen LogP contribution is -2.53. The first-order valence-corrected chi connectivity index (χ1v) is 12.0. The molecule has 3 rings (SSSR count). The van der Waals surface area contributed by atoms with Gasteiger partial charge < -0.3 is 14.5 Å². The number of nitrogens with zero attached hydrogens (tertiary/aromatic N) is 2. The molecular formula is C25H29F7N2O3. The van der Waals surface area contributed by atoms with Crippen molar-refractivity contribution in [3.8, 4) is 5.75 Å². The molecule has 0 unspecified atom stereocenters. The number of hydrogen-bond acceptors (Lipinski definition) is 3. The zero-order chi connectivity index (χ0) is 27.5. The predicted molar refractivity (Wildman–Crippen MR) is 121 cm³/mol. The monoisotopic (exact) mass is 538 g/mol. The van der Waals surface area contributed by atoms with Crippen LogP contribution in [0.1, 0.15) is 44.6 Å². The number of benzene rings is 1. The van der Waals surface area contributed by atoms with Crippen LogP contribution in [0.15, 0.2) is 30.3 Å². The molecule has 2 aliphatic heterocycles. The van der Waals surface area contributed by atoms with Crippen LogP contribution in [0.25, 0.3) is 6.08 Å². The second kappa shape index (κ2) is 10.9. The zero-order valence-electron chi connectivity index (χ0n) is 20.3. The van der Waals surface area contributed by atoms with E-state index in [4.69, 9.17) is 4.74 Å². The number of ether oxygens (including phenoxy) is 1. The van der Waals surface area contributed by atoms with Crippen LogP contribution in [0.4, 0.5) is 30.7 Å². The molecule has 12 heteroatoms. The third-order valence-corrected chi connectivity index (χ3v) is 7.13. The van der Waals surface area contributed by atoms with Gasteiger partial charge in [0.1, 0.15) is 5.75 Å². The number of carbonyl (C=O) groups excluding carboxylic acids is 2. The lowest BCUT2D eigenvalue weighted by molar-refractivity contribution is -0.343. The third-order valence-electron chi connectivity index (χ3n) is 7.13. The minimum atomic E-state index is -6.17. The van der Waals surface area contributed by atoms with Gasteiger partial charge in [0.05, 0.1) is 6.61 Å². The quantitative estimate of drug-likeness (QED) is 0.338. The summed E-state index contributed by atoms with van der Waals surface area (Å²) in [4.78, 5) is 27.9. The molecule has 1 aromatic rings. The van der Waals surface area contributed by atoms with Crippen molar-refractivity contribution in [1.82, 2.24) is 9.80 Å². The molecule has 0 atom stereocenters. The van der Waals surface area contributed by atoms with Gasteiger partial charge in [0.15, 0.2) is 0 Å². The van der Waals surface area contributed by atoms with Gasteiger partial charge in [0.25, 0.3) is 5.67 Å². The Hall–Kier alpha value is -2.79. The number of rotatable bonds is 7. The van der Waals surface area contributed by atoms with E-state index in [1.54, 1.807) is 17.0 Å². The van der Waals surface area contributed by atoms with E-state index < -0.39 is 36.8 Å². The molecule has 2 aliphatic rings. The fourth-order valence-corrected chi connectivity index (χ4v) is 4.81. The van der Waals surface area contributed by atoms with Gasteiger partial charge in [0, 0.05) is 50.7 Å². The summed E-state index contributed by atoms with van der Waals surface area (Å²) in [6.45, 7) is 3.45. The summed E-state index contributed by atoms with van der Waals surface area (Å²) in [6.07, 6.45) is -10.9. The maximum atomic E-state index is 13.9. The Morgan fingerprint density at radius 1 is 0.946 bits per heavy atom. The topological polar surface area (TPSA) is 49.9 Å². The first kappa shape index (κ1) is 28.8. The van der Waals surface area contributed by atoms with Crippen molar-refractivity contribution < 1.29 is 45.1 Å². The molecule has 2 heterocycles. The summed E-state index contributed by atoms with van der Waals surface area (Å²) in [6, 6.07) is 7.26. The van der Waals surface area contributed by atoms with E-state index in [9.17, 15) is 40.3 Å². The smallest absolute Gasteiger partial charge is 0.431 e. The molecular weight excluding hydrogens is 509 g/mol. The van der Waals surface area contributed by atoms with E-state index in [-0.39, 0.29) is 24.4 Å². The Morgan fingerprint density at radius 3 is 2.08 bits per heavy atom. The Morgan fingerprint density at radius 2 is 1.51 bits per heavy atom. The Labute approximate surface area is 210 Å². The van der Waals surface area contributed by atoms with Crippen molar-refractivity contribution >= 4 is 17.9 Å². The molecule has 0 aromatic heterocycles. The standard InChI is InChI=1S/C25H29F7N2O3/c1-2-37-19-6-4-3-5-18(19)7-8-20(35)33-14-11-22(12-15-33)13-16-34(17-22)21(36)9-10-23(26,24(27,28)29)25(30,31)32/h3-8H,2,9-17H2,1H3. The van der Waals surface area contributed by atoms with E-state index in [2.05, 4.69) is 0 Å². The number of piperidine rings is 1. The predicted octanol–water partition coefficient (Wildman–Crippen LogP) is 5.55. The highest BCUT2D eigenvalue weighted by atomic mass is 19.4. The first-order valence-electron chi connectivity index (χ1n) is 12.0. The molecule has 0 bridgehead atoms. The average Bonchev–Trinajstić information content (AvgIpc) is 3.24. The maximum absolute atomic E-state index is 13.9. The molecule has 1 spiro atoms. The van der Waals surface area contributed by atoms with Crippen LogP contribution in [-0.4, -0.2) is 72.4 Å². The van der Waals surface area contributed by atoms with E-state index >= 15 is 0 Å². The third kappa shape index (κ3) is 6.38. The van der Waals surface area contributed by atoms with Crippen LogP contribution in [0.3, 0.4) is 0 Å². The molecule has 0 N–H and O–H groups in total. The Bertz CT molecular complexity index is 985. The molecule has 2 fully saturated rings. The molecule has 1 aromatic carbocycles. The lowest BCUT2D eigenvalue weighted by atomic mass is 9.77. The van der Waals surface area contributed by atoms with Gasteiger partial charge >= 0.3 is 12.4 Å². The molecule has 0 aliphatic carbocycles. The second-order valence-electron chi connectivity index (χ2n) is 9.49. The minimum absolute atomic E-state index is 0.156. The Balaban J connectivity index is 1.53. The Kier molecular flexibility index (Phi) is 8.48. The molecule has 2 saturated heterocycles.